The largest absolute Gasteiger partial charge is 0.481 e. The number of carboxylic acid groups (broad SMARTS) is 1. The van der Waals surface area contributed by atoms with Crippen molar-refractivity contribution in [3.8, 4) is 0 Å². The van der Waals surface area contributed by atoms with E-state index in [4.69, 9.17) is 14.9 Å². The van der Waals surface area contributed by atoms with E-state index in [1.54, 1.807) is 0 Å². The van der Waals surface area contributed by atoms with E-state index in [-0.39, 0.29) is 12.5 Å². The fourth-order valence-corrected chi connectivity index (χ4v) is 2.78. The number of amides is 1. The number of carbonyl (C=O) groups excluding carboxylic acids is 1. The molecular weight excluding hydrogens is 214 g/mol. The minimum atomic E-state index is -0.951. The summed E-state index contributed by atoms with van der Waals surface area (Å²) in [6.07, 6.45) is 0.0700. The maximum Gasteiger partial charge on any atom is 0.312 e. The summed E-state index contributed by atoms with van der Waals surface area (Å²) in [6, 6.07) is 0. The first kappa shape index (κ1) is 11.3. The van der Waals surface area contributed by atoms with E-state index >= 15 is 0 Å². The second-order valence-electron chi connectivity index (χ2n) is 4.70. The molecule has 3 N–H and O–H groups in total. The number of aliphatic hydroxyl groups is 1. The lowest BCUT2D eigenvalue weighted by Gasteiger charge is -2.42. The fraction of sp³-hybridized carbons (Fsp3) is 0.800. The number of fused-ring (bicyclic) bond motifs is 1. The van der Waals surface area contributed by atoms with Crippen LogP contribution in [0.5, 0.6) is 0 Å². The van der Waals surface area contributed by atoms with Crippen LogP contribution in [0.3, 0.4) is 0 Å². The number of ether oxygens (including phenoxy) is 1. The first-order chi connectivity index (χ1) is 7.44. The SMILES string of the molecule is CC(=O)NCC12CC(C(=O)O)(C1)C(CO)O2. The van der Waals surface area contributed by atoms with E-state index in [0.717, 1.165) is 0 Å². The summed E-state index contributed by atoms with van der Waals surface area (Å²) in [4.78, 5) is 21.9. The molecule has 0 aromatic heterocycles. The normalized spacial score (nSPS) is 40.2. The zero-order chi connectivity index (χ0) is 12.0. The zero-order valence-electron chi connectivity index (χ0n) is 9.02. The van der Waals surface area contributed by atoms with Gasteiger partial charge in [-0.15, -0.1) is 0 Å². The third-order valence-corrected chi connectivity index (χ3v) is 3.54. The lowest BCUT2D eigenvalue weighted by molar-refractivity contribution is -0.155. The molecule has 2 saturated heterocycles. The monoisotopic (exact) mass is 229 g/mol. The Bertz CT molecular complexity index is 334. The molecule has 1 saturated carbocycles. The number of rotatable bonds is 4. The topological polar surface area (TPSA) is 95.9 Å². The number of carbonyl (C=O) groups is 2. The molecule has 2 heterocycles. The molecule has 0 aromatic carbocycles. The Labute approximate surface area is 92.6 Å². The number of nitrogens with one attached hydrogen (secondary N) is 1. The second-order valence-corrected chi connectivity index (χ2v) is 4.70. The second kappa shape index (κ2) is 3.43. The Hall–Kier alpha value is -1.14. The van der Waals surface area contributed by atoms with Crippen LogP contribution in [0.2, 0.25) is 0 Å². The number of carboxylic acids is 1. The summed E-state index contributed by atoms with van der Waals surface area (Å²) in [5.41, 5.74) is -1.54. The van der Waals surface area contributed by atoms with Crippen molar-refractivity contribution in [1.29, 1.82) is 0 Å². The van der Waals surface area contributed by atoms with Crippen LogP contribution in [0.4, 0.5) is 0 Å². The van der Waals surface area contributed by atoms with Crippen LogP contribution in [0.15, 0.2) is 0 Å². The fourth-order valence-electron chi connectivity index (χ4n) is 2.78. The molecule has 6 heteroatoms. The molecule has 0 aromatic rings. The molecule has 16 heavy (non-hydrogen) atoms. The van der Waals surface area contributed by atoms with Gasteiger partial charge in [0.25, 0.3) is 0 Å². The maximum absolute atomic E-state index is 11.1. The smallest absolute Gasteiger partial charge is 0.312 e. The first-order valence-corrected chi connectivity index (χ1v) is 5.21. The number of hydrogen-bond donors (Lipinski definition) is 3. The van der Waals surface area contributed by atoms with Gasteiger partial charge in [-0.3, -0.25) is 9.59 Å². The van der Waals surface area contributed by atoms with E-state index in [1.165, 1.54) is 6.92 Å². The van der Waals surface area contributed by atoms with Crippen molar-refractivity contribution in [1.82, 2.24) is 5.32 Å². The minimum Gasteiger partial charge on any atom is -0.481 e. The number of hydrogen-bond acceptors (Lipinski definition) is 4. The van der Waals surface area contributed by atoms with Crippen LogP contribution in [0, 0.1) is 5.41 Å². The Morgan fingerprint density at radius 2 is 2.12 bits per heavy atom. The van der Waals surface area contributed by atoms with Gasteiger partial charge in [-0.1, -0.05) is 0 Å². The predicted octanol–water partition coefficient (Wildman–Crippen LogP) is -0.883. The third-order valence-electron chi connectivity index (χ3n) is 3.54. The summed E-state index contributed by atoms with van der Waals surface area (Å²) in [6.45, 7) is 1.42. The molecule has 1 atom stereocenters. The molecule has 90 valence electrons. The van der Waals surface area contributed by atoms with E-state index in [1.807, 2.05) is 0 Å². The van der Waals surface area contributed by atoms with Crippen LogP contribution in [0.25, 0.3) is 0 Å². The number of aliphatic hydroxyl groups excluding tert-OH is 1. The highest BCUT2D eigenvalue weighted by Gasteiger charge is 2.71. The summed E-state index contributed by atoms with van der Waals surface area (Å²) >= 11 is 0. The Morgan fingerprint density at radius 1 is 1.50 bits per heavy atom. The van der Waals surface area contributed by atoms with Crippen LogP contribution in [0.1, 0.15) is 19.8 Å². The molecule has 2 aliphatic heterocycles. The van der Waals surface area contributed by atoms with E-state index < -0.39 is 23.1 Å². The van der Waals surface area contributed by atoms with Gasteiger partial charge in [0.2, 0.25) is 5.91 Å². The summed E-state index contributed by atoms with van der Waals surface area (Å²) in [5, 5.41) is 20.8. The van der Waals surface area contributed by atoms with Gasteiger partial charge in [-0.05, 0) is 12.8 Å². The molecule has 3 rings (SSSR count). The van der Waals surface area contributed by atoms with Crippen LogP contribution in [-0.2, 0) is 14.3 Å². The van der Waals surface area contributed by atoms with E-state index in [0.29, 0.717) is 19.4 Å². The highest BCUT2D eigenvalue weighted by Crippen LogP contribution is 2.61. The van der Waals surface area contributed by atoms with Crippen molar-refractivity contribution in [2.24, 2.45) is 5.41 Å². The Morgan fingerprint density at radius 3 is 2.50 bits per heavy atom. The molecular formula is C10H15NO5. The molecule has 6 nitrogen and oxygen atoms in total. The van der Waals surface area contributed by atoms with Crippen molar-refractivity contribution in [2.75, 3.05) is 13.2 Å². The minimum absolute atomic E-state index is 0.168. The summed E-state index contributed by atoms with van der Waals surface area (Å²) in [5.74, 6) is -1.10. The zero-order valence-corrected chi connectivity index (χ0v) is 9.02. The van der Waals surface area contributed by atoms with Gasteiger partial charge >= 0.3 is 5.97 Å². The maximum atomic E-state index is 11.1. The Kier molecular flexibility index (Phi) is 2.43. The molecule has 0 spiro atoms. The summed E-state index contributed by atoms with van der Waals surface area (Å²) in [7, 11) is 0. The van der Waals surface area contributed by atoms with Crippen molar-refractivity contribution in [3.05, 3.63) is 0 Å². The van der Waals surface area contributed by atoms with Gasteiger partial charge in [0.1, 0.15) is 5.41 Å². The molecule has 0 radical (unpaired) electrons. The average Bonchev–Trinajstić information content (AvgIpc) is 2.64. The average molecular weight is 229 g/mol. The van der Waals surface area contributed by atoms with Gasteiger partial charge in [-0.2, -0.15) is 0 Å². The highest BCUT2D eigenvalue weighted by molar-refractivity contribution is 5.79. The molecule has 3 aliphatic rings. The van der Waals surface area contributed by atoms with Crippen molar-refractivity contribution >= 4 is 11.9 Å². The Balaban J connectivity index is 2.05. The van der Waals surface area contributed by atoms with Gasteiger partial charge in [0.15, 0.2) is 0 Å². The lowest BCUT2D eigenvalue weighted by Crippen LogP contribution is -2.55. The molecule has 1 amide bonds. The van der Waals surface area contributed by atoms with Crippen molar-refractivity contribution in [2.45, 2.75) is 31.5 Å². The van der Waals surface area contributed by atoms with Crippen LogP contribution >= 0.6 is 0 Å². The van der Waals surface area contributed by atoms with E-state index in [2.05, 4.69) is 5.32 Å². The predicted molar refractivity (Wildman–Crippen MR) is 52.7 cm³/mol. The quantitative estimate of drug-likeness (QED) is 0.581. The van der Waals surface area contributed by atoms with Crippen LogP contribution < -0.4 is 5.32 Å². The number of aliphatic carboxylic acids is 1. The lowest BCUT2D eigenvalue weighted by atomic mass is 9.60. The molecule has 2 bridgehead atoms. The first-order valence-electron chi connectivity index (χ1n) is 5.21. The van der Waals surface area contributed by atoms with Crippen molar-refractivity contribution < 1.29 is 24.5 Å². The molecule has 1 aliphatic carbocycles. The molecule has 1 unspecified atom stereocenters. The summed E-state index contributed by atoms with van der Waals surface area (Å²) < 4.78 is 5.54. The van der Waals surface area contributed by atoms with Crippen molar-refractivity contribution in [3.63, 3.8) is 0 Å². The van der Waals surface area contributed by atoms with Gasteiger partial charge in [0.05, 0.1) is 18.3 Å². The third kappa shape index (κ3) is 1.41. The highest BCUT2D eigenvalue weighted by atomic mass is 16.5. The van der Waals surface area contributed by atoms with Crippen LogP contribution in [-0.4, -0.2) is 46.9 Å². The van der Waals surface area contributed by atoms with Gasteiger partial charge < -0.3 is 20.3 Å². The molecule has 3 fully saturated rings. The van der Waals surface area contributed by atoms with Gasteiger partial charge in [-0.25, -0.2) is 0 Å². The van der Waals surface area contributed by atoms with E-state index in [9.17, 15) is 9.59 Å². The standard InChI is InChI=1S/C10H15NO5/c1-6(13)11-5-9-3-10(4-9,8(14)15)7(2-12)16-9/h7,12H,2-5H2,1H3,(H,11,13)(H,14,15). The van der Waals surface area contributed by atoms with Gasteiger partial charge in [0, 0.05) is 13.5 Å².